The van der Waals surface area contributed by atoms with Gasteiger partial charge in [-0.1, -0.05) is 0 Å². The summed E-state index contributed by atoms with van der Waals surface area (Å²) >= 11 is 0. The number of fused-ring (bicyclic) bond motifs is 1. The van der Waals surface area contributed by atoms with E-state index >= 15 is 0 Å². The van der Waals surface area contributed by atoms with Gasteiger partial charge in [0.1, 0.15) is 18.6 Å². The van der Waals surface area contributed by atoms with Crippen LogP contribution in [-0.2, 0) is 29.0 Å². The lowest BCUT2D eigenvalue weighted by atomic mass is 9.92. The summed E-state index contributed by atoms with van der Waals surface area (Å²) in [6, 6.07) is -1.43. The van der Waals surface area contributed by atoms with Gasteiger partial charge in [0.25, 0.3) is 0 Å². The fourth-order valence-electron chi connectivity index (χ4n) is 3.05. The first-order valence-electron chi connectivity index (χ1n) is 7.01. The second kappa shape index (κ2) is 5.45. The van der Waals surface area contributed by atoms with Gasteiger partial charge in [0, 0.05) is 0 Å². The molecule has 0 bridgehead atoms. The van der Waals surface area contributed by atoms with Gasteiger partial charge in [-0.25, -0.2) is 13.2 Å². The van der Waals surface area contributed by atoms with Crippen LogP contribution in [0.15, 0.2) is 0 Å². The van der Waals surface area contributed by atoms with Crippen molar-refractivity contribution in [3.8, 4) is 0 Å². The molecule has 0 aromatic rings. The van der Waals surface area contributed by atoms with Crippen LogP contribution in [0.4, 0.5) is 0 Å². The Morgan fingerprint density at radius 1 is 1.35 bits per heavy atom. The molecule has 2 rings (SSSR count). The van der Waals surface area contributed by atoms with Gasteiger partial charge in [-0.05, 0) is 27.9 Å². The number of carbonyl (C=O) groups is 3. The molecule has 2 aliphatic rings. The average Bonchev–Trinajstić information content (AvgIpc) is 2.52. The Kier molecular flexibility index (Phi) is 4.18. The molecule has 0 spiro atoms. The van der Waals surface area contributed by atoms with E-state index in [0.29, 0.717) is 0 Å². The first-order chi connectivity index (χ1) is 10.4. The van der Waals surface area contributed by atoms with Crippen molar-refractivity contribution in [3.63, 3.8) is 0 Å². The van der Waals surface area contributed by atoms with Crippen molar-refractivity contribution in [2.75, 3.05) is 27.2 Å². The van der Waals surface area contributed by atoms with E-state index in [-0.39, 0.29) is 13.2 Å². The first-order valence-corrected chi connectivity index (χ1v) is 8.56. The van der Waals surface area contributed by atoms with Gasteiger partial charge in [0.05, 0.1) is 11.3 Å². The van der Waals surface area contributed by atoms with Crippen LogP contribution in [0.3, 0.4) is 0 Å². The van der Waals surface area contributed by atoms with Gasteiger partial charge in [-0.2, -0.15) is 0 Å². The van der Waals surface area contributed by atoms with E-state index in [4.69, 9.17) is 4.74 Å². The number of likely N-dealkylation sites (N-methyl/N-ethyl adjacent to an activating group) is 1. The van der Waals surface area contributed by atoms with Crippen LogP contribution >= 0.6 is 0 Å². The number of esters is 1. The van der Waals surface area contributed by atoms with Crippen molar-refractivity contribution < 1.29 is 32.6 Å². The lowest BCUT2D eigenvalue weighted by Gasteiger charge is -2.42. The molecular weight excluding hydrogens is 328 g/mol. The second-order valence-electron chi connectivity index (χ2n) is 6.55. The number of carboxylic acid groups (broad SMARTS) is 1. The minimum absolute atomic E-state index is 0.00524. The third-order valence-corrected chi connectivity index (χ3v) is 7.16. The van der Waals surface area contributed by atoms with Crippen molar-refractivity contribution in [2.45, 2.75) is 30.0 Å². The number of aliphatic carboxylic acids is 1. The molecule has 1 N–H and O–H groups in total. The summed E-state index contributed by atoms with van der Waals surface area (Å²) in [5.74, 6) is -3.60. The predicted molar refractivity (Wildman–Crippen MR) is 78.1 cm³/mol. The lowest BCUT2D eigenvalue weighted by Crippen LogP contribution is -2.64. The van der Waals surface area contributed by atoms with Crippen molar-refractivity contribution in [1.29, 1.82) is 0 Å². The van der Waals surface area contributed by atoms with Crippen LogP contribution < -0.4 is 0 Å². The van der Waals surface area contributed by atoms with E-state index in [1.165, 1.54) is 13.8 Å². The van der Waals surface area contributed by atoms with E-state index in [1.807, 2.05) is 0 Å². The fraction of sp³-hybridized carbons (Fsp3) is 0.769. The molecule has 0 saturated carbocycles. The van der Waals surface area contributed by atoms with E-state index < -0.39 is 49.8 Å². The Bertz CT molecular complexity index is 655. The minimum atomic E-state index is -3.89. The zero-order valence-corrected chi connectivity index (χ0v) is 14.2. The summed E-state index contributed by atoms with van der Waals surface area (Å²) in [5.41, 5.74) is 0. The number of β-lactam (4-membered cyclic amide) rings is 1. The Morgan fingerprint density at radius 3 is 2.39 bits per heavy atom. The van der Waals surface area contributed by atoms with Crippen LogP contribution in [0.25, 0.3) is 0 Å². The Balaban J connectivity index is 2.18. The van der Waals surface area contributed by atoms with Crippen LogP contribution in [0.2, 0.25) is 0 Å². The van der Waals surface area contributed by atoms with Gasteiger partial charge < -0.3 is 14.7 Å². The van der Waals surface area contributed by atoms with Crippen LogP contribution in [-0.4, -0.2) is 84.6 Å². The number of amides is 1. The predicted octanol–water partition coefficient (Wildman–Crippen LogP) is -1.46. The van der Waals surface area contributed by atoms with E-state index in [0.717, 1.165) is 4.90 Å². The number of carbonyl (C=O) groups excluding carboxylic acids is 2. The number of rotatable bonds is 5. The summed E-state index contributed by atoms with van der Waals surface area (Å²) in [6.07, 6.45) is 0. The number of hydrogen-bond donors (Lipinski definition) is 1. The van der Waals surface area contributed by atoms with Gasteiger partial charge in [-0.3, -0.25) is 14.5 Å². The molecule has 0 radical (unpaired) electrons. The van der Waals surface area contributed by atoms with Crippen molar-refractivity contribution in [2.24, 2.45) is 5.92 Å². The molecule has 23 heavy (non-hydrogen) atoms. The molecule has 1 amide bonds. The standard InChI is InChI=1S/C13H20N2O7S/c1-13(2)9(12(18)19)15-10(17)7(11(15)23(13,20)21)6-22-8(16)5-14(3)4/h7,9,11H,5-6H2,1-4H3,(H,18,19)/t7-,9+,11-/m1/s1. The maximum absolute atomic E-state index is 12.6. The number of hydrogen-bond acceptors (Lipinski definition) is 7. The molecule has 9 nitrogen and oxygen atoms in total. The van der Waals surface area contributed by atoms with Gasteiger partial charge in [-0.15, -0.1) is 0 Å². The molecular formula is C13H20N2O7S. The minimum Gasteiger partial charge on any atom is -0.480 e. The lowest BCUT2D eigenvalue weighted by molar-refractivity contribution is -0.168. The monoisotopic (exact) mass is 348 g/mol. The molecule has 0 aromatic carbocycles. The first kappa shape index (κ1) is 17.7. The molecule has 3 atom stereocenters. The van der Waals surface area contributed by atoms with E-state index in [1.54, 1.807) is 19.0 Å². The molecule has 0 unspecified atom stereocenters. The highest BCUT2D eigenvalue weighted by Gasteiger charge is 2.72. The third kappa shape index (κ3) is 2.49. The van der Waals surface area contributed by atoms with Crippen molar-refractivity contribution >= 4 is 27.7 Å². The summed E-state index contributed by atoms with van der Waals surface area (Å²) in [5, 5.41) is 8.02. The maximum atomic E-state index is 12.6. The zero-order valence-electron chi connectivity index (χ0n) is 13.3. The number of nitrogens with zero attached hydrogens (tertiary/aromatic N) is 2. The number of ether oxygens (including phenoxy) is 1. The summed E-state index contributed by atoms with van der Waals surface area (Å²) in [7, 11) is -0.559. The molecule has 130 valence electrons. The molecule has 2 heterocycles. The number of sulfone groups is 1. The van der Waals surface area contributed by atoms with Gasteiger partial charge >= 0.3 is 11.9 Å². The SMILES string of the molecule is CN(C)CC(=O)OC[C@@H]1C(=O)N2[C@@H](C(=O)O)C(C)(C)S(=O)(=O)[C@H]12. The molecule has 0 aromatic heterocycles. The molecule has 2 fully saturated rings. The Labute approximate surface area is 134 Å². The Morgan fingerprint density at radius 2 is 1.91 bits per heavy atom. The zero-order chi connectivity index (χ0) is 17.7. The van der Waals surface area contributed by atoms with E-state index in [2.05, 4.69) is 0 Å². The van der Waals surface area contributed by atoms with Gasteiger partial charge in [0.2, 0.25) is 5.91 Å². The molecule has 0 aliphatic carbocycles. The van der Waals surface area contributed by atoms with Crippen LogP contribution in [0.5, 0.6) is 0 Å². The highest BCUT2D eigenvalue weighted by atomic mass is 32.2. The molecule has 2 saturated heterocycles. The number of carboxylic acids is 1. The van der Waals surface area contributed by atoms with Crippen molar-refractivity contribution in [1.82, 2.24) is 9.80 Å². The quantitative estimate of drug-likeness (QED) is 0.472. The molecule has 2 aliphatic heterocycles. The van der Waals surface area contributed by atoms with Gasteiger partial charge in [0.15, 0.2) is 15.2 Å². The normalized spacial score (nSPS) is 30.7. The van der Waals surface area contributed by atoms with E-state index in [9.17, 15) is 27.9 Å². The highest BCUT2D eigenvalue weighted by molar-refractivity contribution is 7.93. The summed E-state index contributed by atoms with van der Waals surface area (Å²) in [6.45, 7) is 2.23. The highest BCUT2D eigenvalue weighted by Crippen LogP contribution is 2.48. The average molecular weight is 348 g/mol. The maximum Gasteiger partial charge on any atom is 0.328 e. The van der Waals surface area contributed by atoms with Crippen LogP contribution in [0, 0.1) is 5.92 Å². The largest absolute Gasteiger partial charge is 0.480 e. The molecule has 10 heteroatoms. The Hall–Kier alpha value is -1.68. The third-order valence-electron chi connectivity index (χ3n) is 4.28. The summed E-state index contributed by atoms with van der Waals surface area (Å²) < 4.78 is 28.5. The van der Waals surface area contributed by atoms with Crippen LogP contribution in [0.1, 0.15) is 13.8 Å². The van der Waals surface area contributed by atoms with Crippen molar-refractivity contribution in [3.05, 3.63) is 0 Å². The second-order valence-corrected chi connectivity index (χ2v) is 9.18. The summed E-state index contributed by atoms with van der Waals surface area (Å²) in [4.78, 5) is 37.5. The fourth-order valence-corrected chi connectivity index (χ4v) is 5.35. The smallest absolute Gasteiger partial charge is 0.328 e. The topological polar surface area (TPSA) is 121 Å².